The van der Waals surface area contributed by atoms with Gasteiger partial charge in [-0.2, -0.15) is 13.2 Å². The van der Waals surface area contributed by atoms with Crippen LogP contribution < -0.4 is 17.0 Å². The van der Waals surface area contributed by atoms with Gasteiger partial charge >= 0.3 is 17.8 Å². The third-order valence-electron chi connectivity index (χ3n) is 3.75. The van der Waals surface area contributed by atoms with E-state index in [1.807, 2.05) is 0 Å². The Kier molecular flexibility index (Phi) is 5.24. The number of Topliss-reactive ketones (excluding diaryl/α,β-unsaturated/α-hetero) is 1. The molecule has 0 aliphatic rings. The topological polar surface area (TPSA) is 113 Å². The van der Waals surface area contributed by atoms with E-state index >= 15 is 0 Å². The zero-order valence-corrected chi connectivity index (χ0v) is 14.2. The van der Waals surface area contributed by atoms with Gasteiger partial charge in [0.2, 0.25) is 5.78 Å². The second-order valence-corrected chi connectivity index (χ2v) is 5.54. The molecule has 0 aliphatic heterocycles. The lowest BCUT2D eigenvalue weighted by molar-refractivity contribution is -0.137. The Labute approximate surface area is 149 Å². The highest BCUT2D eigenvalue weighted by molar-refractivity contribution is 6.02. The van der Waals surface area contributed by atoms with Gasteiger partial charge in [0.1, 0.15) is 11.4 Å². The molecule has 144 valence electrons. The summed E-state index contributed by atoms with van der Waals surface area (Å²) in [4.78, 5) is 47.9. The lowest BCUT2D eigenvalue weighted by atomic mass is 10.1. The number of carbonyl (C=O) groups excluding carboxylic acids is 2. The minimum absolute atomic E-state index is 0.414. The van der Waals surface area contributed by atoms with E-state index in [4.69, 9.17) is 5.73 Å². The number of esters is 1. The van der Waals surface area contributed by atoms with Crippen LogP contribution in [0.4, 0.5) is 19.0 Å². The molecule has 11 heteroatoms. The molecule has 1 aromatic carbocycles. The van der Waals surface area contributed by atoms with Crippen molar-refractivity contribution >= 4 is 17.6 Å². The molecule has 0 saturated carbocycles. The highest BCUT2D eigenvalue weighted by Crippen LogP contribution is 2.29. The average molecular weight is 385 g/mol. The van der Waals surface area contributed by atoms with Crippen molar-refractivity contribution in [1.82, 2.24) is 9.13 Å². The Morgan fingerprint density at radius 1 is 1.15 bits per heavy atom. The van der Waals surface area contributed by atoms with E-state index in [1.165, 1.54) is 7.05 Å². The van der Waals surface area contributed by atoms with E-state index in [1.54, 1.807) is 0 Å². The van der Waals surface area contributed by atoms with Crippen molar-refractivity contribution in [3.8, 4) is 0 Å². The van der Waals surface area contributed by atoms with E-state index in [0.29, 0.717) is 10.6 Å². The van der Waals surface area contributed by atoms with Gasteiger partial charge in [0.15, 0.2) is 6.61 Å². The molecule has 0 aliphatic carbocycles. The normalized spacial score (nSPS) is 11.3. The van der Waals surface area contributed by atoms with Gasteiger partial charge in [-0.25, -0.2) is 9.59 Å². The average Bonchev–Trinajstić information content (AvgIpc) is 2.62. The Morgan fingerprint density at radius 3 is 2.37 bits per heavy atom. The maximum Gasteiger partial charge on any atom is 0.416 e. The Hall–Kier alpha value is -3.37. The zero-order chi connectivity index (χ0) is 20.5. The van der Waals surface area contributed by atoms with Crippen LogP contribution in [-0.4, -0.2) is 27.5 Å². The molecule has 1 aromatic heterocycles. The van der Waals surface area contributed by atoms with Crippen LogP contribution in [-0.2, 0) is 25.0 Å². The number of carbonyl (C=O) groups is 2. The van der Waals surface area contributed by atoms with Crippen LogP contribution >= 0.6 is 0 Å². The summed E-state index contributed by atoms with van der Waals surface area (Å²) in [5, 5.41) is 0. The van der Waals surface area contributed by atoms with Crippen LogP contribution in [0.1, 0.15) is 26.3 Å². The number of halogens is 3. The first-order valence-corrected chi connectivity index (χ1v) is 7.38. The number of rotatable bonds is 4. The highest BCUT2D eigenvalue weighted by Gasteiger charge is 2.31. The molecule has 27 heavy (non-hydrogen) atoms. The first-order chi connectivity index (χ1) is 12.4. The summed E-state index contributed by atoms with van der Waals surface area (Å²) in [6, 6.07) is 3.45. The maximum absolute atomic E-state index is 12.7. The first-order valence-electron chi connectivity index (χ1n) is 7.38. The van der Waals surface area contributed by atoms with Gasteiger partial charge in [0, 0.05) is 14.1 Å². The monoisotopic (exact) mass is 385 g/mol. The number of ether oxygens (including phenoxy) is 1. The molecular formula is C16H14F3N3O5. The van der Waals surface area contributed by atoms with Crippen molar-refractivity contribution in [2.75, 3.05) is 12.3 Å². The van der Waals surface area contributed by atoms with Gasteiger partial charge in [0.05, 0.1) is 11.1 Å². The molecule has 2 N–H and O–H groups in total. The van der Waals surface area contributed by atoms with Crippen molar-refractivity contribution in [3.63, 3.8) is 0 Å². The van der Waals surface area contributed by atoms with Crippen molar-refractivity contribution in [3.05, 3.63) is 61.8 Å². The fourth-order valence-corrected chi connectivity index (χ4v) is 2.23. The number of nitrogens with zero attached hydrogens (tertiary/aromatic N) is 2. The molecule has 0 spiro atoms. The summed E-state index contributed by atoms with van der Waals surface area (Å²) in [6.45, 7) is -0.938. The predicted molar refractivity (Wildman–Crippen MR) is 87.4 cm³/mol. The number of alkyl halides is 3. The third-order valence-corrected chi connectivity index (χ3v) is 3.75. The molecule has 2 rings (SSSR count). The minimum atomic E-state index is -4.65. The quantitative estimate of drug-likeness (QED) is 0.613. The number of nitrogens with two attached hydrogens (primary N) is 1. The van der Waals surface area contributed by atoms with Crippen molar-refractivity contribution < 1.29 is 27.5 Å². The molecule has 0 atom stereocenters. The number of aromatic nitrogens is 2. The van der Waals surface area contributed by atoms with Crippen molar-refractivity contribution in [2.24, 2.45) is 14.1 Å². The summed E-state index contributed by atoms with van der Waals surface area (Å²) in [5.74, 6) is -2.60. The minimum Gasteiger partial charge on any atom is -0.454 e. The fourth-order valence-electron chi connectivity index (χ4n) is 2.23. The SMILES string of the molecule is Cn1c(N)c(C(=O)COC(=O)c2cccc(C(F)(F)F)c2)c(=O)n(C)c1=O. The number of anilines is 1. The van der Waals surface area contributed by atoms with Gasteiger partial charge in [-0.3, -0.25) is 18.7 Å². The van der Waals surface area contributed by atoms with Gasteiger partial charge in [-0.15, -0.1) is 0 Å². The summed E-state index contributed by atoms with van der Waals surface area (Å²) >= 11 is 0. The second-order valence-electron chi connectivity index (χ2n) is 5.54. The molecular weight excluding hydrogens is 371 g/mol. The largest absolute Gasteiger partial charge is 0.454 e. The van der Waals surface area contributed by atoms with E-state index in [2.05, 4.69) is 4.74 Å². The van der Waals surface area contributed by atoms with E-state index < -0.39 is 58.3 Å². The molecule has 0 unspecified atom stereocenters. The number of nitrogen functional groups attached to an aromatic ring is 1. The van der Waals surface area contributed by atoms with E-state index in [9.17, 15) is 32.3 Å². The Morgan fingerprint density at radius 2 is 1.78 bits per heavy atom. The number of hydrogen-bond acceptors (Lipinski definition) is 6. The summed E-state index contributed by atoms with van der Waals surface area (Å²) in [5.41, 5.74) is 1.84. The maximum atomic E-state index is 12.7. The Balaban J connectivity index is 2.23. The molecule has 8 nitrogen and oxygen atoms in total. The van der Waals surface area contributed by atoms with Gasteiger partial charge in [0.25, 0.3) is 5.56 Å². The number of benzene rings is 1. The molecule has 0 saturated heterocycles. The molecule has 1 heterocycles. The van der Waals surface area contributed by atoms with Crippen molar-refractivity contribution in [2.45, 2.75) is 6.18 Å². The van der Waals surface area contributed by atoms with E-state index in [0.717, 1.165) is 29.8 Å². The van der Waals surface area contributed by atoms with Gasteiger partial charge in [-0.05, 0) is 18.2 Å². The van der Waals surface area contributed by atoms with Crippen LogP contribution in [0, 0.1) is 0 Å². The molecule has 0 bridgehead atoms. The lowest BCUT2D eigenvalue weighted by Crippen LogP contribution is -2.42. The molecule has 0 fully saturated rings. The third kappa shape index (κ3) is 3.91. The van der Waals surface area contributed by atoms with Crippen LogP contribution in [0.5, 0.6) is 0 Å². The Bertz CT molecular complexity index is 1040. The number of ketones is 1. The highest BCUT2D eigenvalue weighted by atomic mass is 19.4. The smallest absolute Gasteiger partial charge is 0.416 e. The summed E-state index contributed by atoms with van der Waals surface area (Å²) in [7, 11) is 2.37. The zero-order valence-electron chi connectivity index (χ0n) is 14.2. The summed E-state index contributed by atoms with van der Waals surface area (Å²) in [6.07, 6.45) is -4.65. The molecule has 0 amide bonds. The summed E-state index contributed by atoms with van der Waals surface area (Å²) < 4.78 is 44.2. The van der Waals surface area contributed by atoms with Crippen LogP contribution in [0.3, 0.4) is 0 Å². The first kappa shape index (κ1) is 19.9. The second kappa shape index (κ2) is 7.09. The van der Waals surface area contributed by atoms with Crippen LogP contribution in [0.25, 0.3) is 0 Å². The standard InChI is InChI=1S/C16H14F3N3O5/c1-21-12(20)11(13(24)22(2)15(21)26)10(23)7-27-14(25)8-4-3-5-9(6-8)16(17,18)19/h3-6H,7,20H2,1-2H3. The fraction of sp³-hybridized carbons (Fsp3) is 0.250. The van der Waals surface area contributed by atoms with Gasteiger partial charge < -0.3 is 10.5 Å². The molecule has 0 radical (unpaired) electrons. The van der Waals surface area contributed by atoms with Crippen molar-refractivity contribution in [1.29, 1.82) is 0 Å². The predicted octanol–water partition coefficient (Wildman–Crippen LogP) is 0.725. The molecule has 2 aromatic rings. The van der Waals surface area contributed by atoms with E-state index in [-0.39, 0.29) is 0 Å². The number of hydrogen-bond donors (Lipinski definition) is 1. The van der Waals surface area contributed by atoms with Crippen LogP contribution in [0.2, 0.25) is 0 Å². The van der Waals surface area contributed by atoms with Gasteiger partial charge in [-0.1, -0.05) is 6.07 Å². The van der Waals surface area contributed by atoms with Crippen LogP contribution in [0.15, 0.2) is 33.9 Å². The lowest BCUT2D eigenvalue weighted by Gasteiger charge is -2.11.